The number of nitrogens with one attached hydrogen (secondary N) is 1. The molecular weight excluding hydrogens is 295 g/mol. The van der Waals surface area contributed by atoms with Crippen LogP contribution in [0.4, 0.5) is 13.2 Å². The molecule has 0 spiro atoms. The summed E-state index contributed by atoms with van der Waals surface area (Å²) in [6.45, 7) is 3.99. The van der Waals surface area contributed by atoms with E-state index in [0.717, 1.165) is 32.2 Å². The highest BCUT2D eigenvalue weighted by atomic mass is 19.4. The van der Waals surface area contributed by atoms with Crippen molar-refractivity contribution < 1.29 is 13.2 Å². The van der Waals surface area contributed by atoms with Gasteiger partial charge in [-0.1, -0.05) is 17.3 Å². The van der Waals surface area contributed by atoms with Crippen molar-refractivity contribution in [3.63, 3.8) is 0 Å². The third-order valence-corrected chi connectivity index (χ3v) is 3.65. The Labute approximate surface area is 125 Å². The van der Waals surface area contributed by atoms with Crippen molar-refractivity contribution in [1.82, 2.24) is 25.2 Å². The van der Waals surface area contributed by atoms with E-state index in [0.29, 0.717) is 12.2 Å². The van der Waals surface area contributed by atoms with Gasteiger partial charge >= 0.3 is 6.18 Å². The Kier molecular flexibility index (Phi) is 4.12. The first-order valence-corrected chi connectivity index (χ1v) is 7.05. The number of para-hydroxylation sites is 1. The van der Waals surface area contributed by atoms with Crippen LogP contribution in [0, 0.1) is 0 Å². The lowest BCUT2D eigenvalue weighted by Gasteiger charge is -2.27. The van der Waals surface area contributed by atoms with Crippen LogP contribution in [0.5, 0.6) is 0 Å². The third kappa shape index (κ3) is 3.12. The van der Waals surface area contributed by atoms with Crippen LogP contribution in [-0.4, -0.2) is 46.1 Å². The number of alkyl halides is 3. The van der Waals surface area contributed by atoms with Gasteiger partial charge in [-0.3, -0.25) is 4.90 Å². The van der Waals surface area contributed by atoms with Gasteiger partial charge in [0.15, 0.2) is 0 Å². The van der Waals surface area contributed by atoms with Crippen LogP contribution < -0.4 is 5.32 Å². The van der Waals surface area contributed by atoms with Gasteiger partial charge in [0.25, 0.3) is 0 Å². The summed E-state index contributed by atoms with van der Waals surface area (Å²) in [6, 6.07) is 5.42. The molecule has 0 bridgehead atoms. The van der Waals surface area contributed by atoms with Gasteiger partial charge in [0.2, 0.25) is 0 Å². The molecule has 1 fully saturated rings. The van der Waals surface area contributed by atoms with Crippen molar-refractivity contribution in [1.29, 1.82) is 0 Å². The Hall–Kier alpha value is -1.93. The predicted octanol–water partition coefficient (Wildman–Crippen LogP) is 1.69. The molecule has 5 nitrogen and oxygen atoms in total. The molecule has 1 N–H and O–H groups in total. The van der Waals surface area contributed by atoms with Crippen LogP contribution >= 0.6 is 0 Å². The fourth-order valence-electron chi connectivity index (χ4n) is 2.56. The molecule has 1 saturated heterocycles. The number of piperazine rings is 1. The smallest absolute Gasteiger partial charge is 0.314 e. The number of nitrogens with zero attached hydrogens (tertiary/aromatic N) is 4. The lowest BCUT2D eigenvalue weighted by Crippen LogP contribution is -2.43. The van der Waals surface area contributed by atoms with Crippen molar-refractivity contribution in [2.24, 2.45) is 0 Å². The topological polar surface area (TPSA) is 46.0 Å². The molecule has 2 heterocycles. The summed E-state index contributed by atoms with van der Waals surface area (Å²) in [7, 11) is 0. The maximum absolute atomic E-state index is 13.2. The molecule has 0 radical (unpaired) electrons. The van der Waals surface area contributed by atoms with Crippen molar-refractivity contribution >= 4 is 0 Å². The Morgan fingerprint density at radius 2 is 1.86 bits per heavy atom. The van der Waals surface area contributed by atoms with Crippen LogP contribution in [0.2, 0.25) is 0 Å². The fraction of sp³-hybridized carbons (Fsp3) is 0.429. The molecule has 0 unspecified atom stereocenters. The van der Waals surface area contributed by atoms with E-state index < -0.39 is 11.7 Å². The number of hydrogen-bond acceptors (Lipinski definition) is 4. The average molecular weight is 311 g/mol. The highest BCUT2D eigenvalue weighted by Crippen LogP contribution is 2.33. The summed E-state index contributed by atoms with van der Waals surface area (Å²) < 4.78 is 40.7. The van der Waals surface area contributed by atoms with E-state index in [4.69, 9.17) is 0 Å². The highest BCUT2D eigenvalue weighted by molar-refractivity contribution is 5.42. The number of benzene rings is 1. The van der Waals surface area contributed by atoms with Gasteiger partial charge in [-0.15, -0.1) is 5.10 Å². The Bertz CT molecular complexity index is 631. The van der Waals surface area contributed by atoms with Crippen molar-refractivity contribution in [2.45, 2.75) is 12.7 Å². The Morgan fingerprint density at radius 3 is 2.59 bits per heavy atom. The molecule has 8 heteroatoms. The number of hydrogen-bond donors (Lipinski definition) is 1. The van der Waals surface area contributed by atoms with Gasteiger partial charge in [-0.25, -0.2) is 4.68 Å². The molecule has 3 rings (SSSR count). The SMILES string of the molecule is FC(F)(F)c1ccccc1-n1nncc1CN1CCNCC1. The molecule has 22 heavy (non-hydrogen) atoms. The van der Waals surface area contributed by atoms with Gasteiger partial charge in [0.05, 0.1) is 23.1 Å². The lowest BCUT2D eigenvalue weighted by molar-refractivity contribution is -0.137. The Balaban J connectivity index is 1.92. The second-order valence-electron chi connectivity index (χ2n) is 5.18. The van der Waals surface area contributed by atoms with Crippen LogP contribution in [0.1, 0.15) is 11.3 Å². The maximum atomic E-state index is 13.2. The minimum absolute atomic E-state index is 0.0117. The van der Waals surface area contributed by atoms with Crippen LogP contribution in [0.3, 0.4) is 0 Å². The number of aromatic nitrogens is 3. The van der Waals surface area contributed by atoms with Crippen LogP contribution in [-0.2, 0) is 12.7 Å². The molecule has 1 aliphatic rings. The molecule has 0 atom stereocenters. The first-order chi connectivity index (χ1) is 10.6. The van der Waals surface area contributed by atoms with Crippen molar-refractivity contribution in [3.05, 3.63) is 41.7 Å². The molecule has 1 aliphatic heterocycles. The monoisotopic (exact) mass is 311 g/mol. The molecular formula is C14H16F3N5. The maximum Gasteiger partial charge on any atom is 0.418 e. The number of halogens is 3. The van der Waals surface area contributed by atoms with Gasteiger partial charge in [-0.2, -0.15) is 13.2 Å². The standard InChI is InChI=1S/C14H16F3N5/c15-14(16,17)12-3-1-2-4-13(12)22-11(9-19-20-22)10-21-7-5-18-6-8-21/h1-4,9,18H,5-8,10H2. The molecule has 0 saturated carbocycles. The van der Waals surface area contributed by atoms with Gasteiger partial charge in [-0.05, 0) is 12.1 Å². The molecule has 118 valence electrons. The minimum atomic E-state index is -4.42. The van der Waals surface area contributed by atoms with E-state index in [1.807, 2.05) is 0 Å². The van der Waals surface area contributed by atoms with E-state index in [9.17, 15) is 13.2 Å². The van der Waals surface area contributed by atoms with E-state index in [1.165, 1.54) is 23.0 Å². The number of rotatable bonds is 3. The van der Waals surface area contributed by atoms with Crippen molar-refractivity contribution in [3.8, 4) is 5.69 Å². The molecule has 0 amide bonds. The molecule has 2 aromatic rings. The zero-order valence-corrected chi connectivity index (χ0v) is 11.8. The summed E-state index contributed by atoms with van der Waals surface area (Å²) >= 11 is 0. The van der Waals surface area contributed by atoms with Crippen molar-refractivity contribution in [2.75, 3.05) is 26.2 Å². The normalized spacial score (nSPS) is 16.9. The van der Waals surface area contributed by atoms with Gasteiger partial charge in [0, 0.05) is 32.7 Å². The van der Waals surface area contributed by atoms with E-state index >= 15 is 0 Å². The summed E-state index contributed by atoms with van der Waals surface area (Å²) in [5.74, 6) is 0. The second kappa shape index (κ2) is 6.05. The quantitative estimate of drug-likeness (QED) is 0.937. The summed E-state index contributed by atoms with van der Waals surface area (Å²) in [4.78, 5) is 2.17. The first kappa shape index (κ1) is 15.0. The summed E-state index contributed by atoms with van der Waals surface area (Å²) in [5.41, 5.74) is -0.0432. The van der Waals surface area contributed by atoms with Gasteiger partial charge in [0.1, 0.15) is 0 Å². The summed E-state index contributed by atoms with van der Waals surface area (Å²) in [5, 5.41) is 10.9. The second-order valence-corrected chi connectivity index (χ2v) is 5.18. The molecule has 1 aromatic carbocycles. The Morgan fingerprint density at radius 1 is 1.14 bits per heavy atom. The van der Waals surface area contributed by atoms with E-state index in [-0.39, 0.29) is 5.69 Å². The van der Waals surface area contributed by atoms with Gasteiger partial charge < -0.3 is 5.32 Å². The fourth-order valence-corrected chi connectivity index (χ4v) is 2.56. The minimum Gasteiger partial charge on any atom is -0.314 e. The summed E-state index contributed by atoms with van der Waals surface area (Å²) in [6.07, 6.45) is -2.90. The average Bonchev–Trinajstić information content (AvgIpc) is 2.95. The van der Waals surface area contributed by atoms with Crippen LogP contribution in [0.15, 0.2) is 30.5 Å². The van der Waals surface area contributed by atoms with E-state index in [1.54, 1.807) is 6.07 Å². The first-order valence-electron chi connectivity index (χ1n) is 7.05. The zero-order chi connectivity index (χ0) is 15.6. The highest BCUT2D eigenvalue weighted by Gasteiger charge is 2.34. The largest absolute Gasteiger partial charge is 0.418 e. The third-order valence-electron chi connectivity index (χ3n) is 3.65. The van der Waals surface area contributed by atoms with E-state index in [2.05, 4.69) is 20.5 Å². The lowest BCUT2D eigenvalue weighted by atomic mass is 10.1. The zero-order valence-electron chi connectivity index (χ0n) is 11.8. The molecule has 1 aromatic heterocycles. The van der Waals surface area contributed by atoms with Crippen LogP contribution in [0.25, 0.3) is 5.69 Å². The molecule has 0 aliphatic carbocycles. The predicted molar refractivity (Wildman–Crippen MR) is 74.5 cm³/mol.